The summed E-state index contributed by atoms with van der Waals surface area (Å²) in [5.41, 5.74) is 1.09. The maximum atomic E-state index is 13.9. The third kappa shape index (κ3) is 3.68. The van der Waals surface area contributed by atoms with Crippen LogP contribution in [0.1, 0.15) is 25.8 Å². The lowest BCUT2D eigenvalue weighted by Gasteiger charge is -2.29. The van der Waals surface area contributed by atoms with Crippen LogP contribution in [0.4, 0.5) is 10.1 Å². The van der Waals surface area contributed by atoms with Gasteiger partial charge in [0.2, 0.25) is 0 Å². The van der Waals surface area contributed by atoms with Crippen LogP contribution >= 0.6 is 0 Å². The van der Waals surface area contributed by atoms with Gasteiger partial charge >= 0.3 is 0 Å². The minimum Gasteiger partial charge on any atom is -0.396 e. The fraction of sp³-hybridized carbons (Fsp3) is 0.538. The number of hydrogen-bond acceptors (Lipinski definition) is 3. The number of halogens is 1. The quantitative estimate of drug-likeness (QED) is 0.799. The van der Waals surface area contributed by atoms with Crippen LogP contribution in [0.25, 0.3) is 0 Å². The van der Waals surface area contributed by atoms with Crippen molar-refractivity contribution in [2.75, 3.05) is 18.1 Å². The number of nitrogens with zero attached hydrogens (tertiary/aromatic N) is 1. The minimum atomic E-state index is -0.330. The van der Waals surface area contributed by atoms with Gasteiger partial charge in [-0.15, -0.1) is 0 Å². The molecule has 0 aliphatic rings. The van der Waals surface area contributed by atoms with Gasteiger partial charge in [0.05, 0.1) is 12.3 Å². The van der Waals surface area contributed by atoms with Crippen molar-refractivity contribution in [2.24, 2.45) is 0 Å². The monoisotopic (exact) mass is 241 g/mol. The molecule has 0 amide bonds. The summed E-state index contributed by atoms with van der Waals surface area (Å²) in [4.78, 5) is 1.91. The minimum absolute atomic E-state index is 0.0968. The Balaban J connectivity index is 2.93. The number of anilines is 1. The van der Waals surface area contributed by atoms with Crippen molar-refractivity contribution in [2.45, 2.75) is 32.9 Å². The first-order valence-electron chi connectivity index (χ1n) is 5.87. The molecule has 3 nitrogen and oxygen atoms in total. The molecule has 1 aromatic rings. The van der Waals surface area contributed by atoms with Crippen LogP contribution in [0.5, 0.6) is 0 Å². The maximum absolute atomic E-state index is 13.9. The highest BCUT2D eigenvalue weighted by molar-refractivity contribution is 5.49. The Kier molecular flexibility index (Phi) is 5.38. The second kappa shape index (κ2) is 6.57. The molecule has 0 spiro atoms. The number of aliphatic hydroxyl groups excluding tert-OH is 2. The summed E-state index contributed by atoms with van der Waals surface area (Å²) in [6.45, 7) is 4.52. The molecule has 0 aliphatic heterocycles. The van der Waals surface area contributed by atoms with Gasteiger partial charge in [0.15, 0.2) is 0 Å². The van der Waals surface area contributed by atoms with Gasteiger partial charge in [0, 0.05) is 19.2 Å². The number of rotatable bonds is 6. The molecule has 96 valence electrons. The van der Waals surface area contributed by atoms with Crippen LogP contribution in [0, 0.1) is 5.82 Å². The second-order valence-corrected chi connectivity index (χ2v) is 4.31. The summed E-state index contributed by atoms with van der Waals surface area (Å²) in [5, 5.41) is 17.8. The fourth-order valence-electron chi connectivity index (χ4n) is 1.78. The first kappa shape index (κ1) is 13.9. The van der Waals surface area contributed by atoms with Crippen LogP contribution < -0.4 is 4.90 Å². The zero-order valence-corrected chi connectivity index (χ0v) is 10.4. The van der Waals surface area contributed by atoms with Gasteiger partial charge in [-0.3, -0.25) is 0 Å². The van der Waals surface area contributed by atoms with Crippen molar-refractivity contribution in [1.82, 2.24) is 0 Å². The third-order valence-corrected chi connectivity index (χ3v) is 2.68. The first-order chi connectivity index (χ1) is 8.10. The van der Waals surface area contributed by atoms with E-state index in [-0.39, 0.29) is 25.1 Å². The average Bonchev–Trinajstić information content (AvgIpc) is 2.30. The van der Waals surface area contributed by atoms with Gasteiger partial charge in [0.25, 0.3) is 0 Å². The van der Waals surface area contributed by atoms with Gasteiger partial charge < -0.3 is 15.1 Å². The second-order valence-electron chi connectivity index (χ2n) is 4.31. The molecule has 0 bridgehead atoms. The van der Waals surface area contributed by atoms with E-state index < -0.39 is 0 Å². The molecule has 2 N–H and O–H groups in total. The molecule has 4 heteroatoms. The Bertz CT molecular complexity index is 355. The van der Waals surface area contributed by atoms with E-state index >= 15 is 0 Å². The van der Waals surface area contributed by atoms with Crippen molar-refractivity contribution in [3.05, 3.63) is 29.6 Å². The Morgan fingerprint density at radius 3 is 2.47 bits per heavy atom. The van der Waals surface area contributed by atoms with Crippen molar-refractivity contribution in [3.8, 4) is 0 Å². The zero-order valence-electron chi connectivity index (χ0n) is 10.4. The molecule has 0 aromatic heterocycles. The molecule has 0 atom stereocenters. The Labute approximate surface area is 101 Å². The van der Waals surface area contributed by atoms with Crippen molar-refractivity contribution < 1.29 is 14.6 Å². The van der Waals surface area contributed by atoms with Crippen LogP contribution in [-0.2, 0) is 6.61 Å². The zero-order chi connectivity index (χ0) is 12.8. The van der Waals surface area contributed by atoms with Crippen LogP contribution in [-0.4, -0.2) is 29.4 Å². The summed E-state index contributed by atoms with van der Waals surface area (Å²) < 4.78 is 13.9. The Hall–Kier alpha value is -1.13. The smallest absolute Gasteiger partial charge is 0.146 e. The highest BCUT2D eigenvalue weighted by atomic mass is 19.1. The molecule has 0 unspecified atom stereocenters. The van der Waals surface area contributed by atoms with Gasteiger partial charge in [-0.05, 0) is 38.0 Å². The molecular weight excluding hydrogens is 221 g/mol. The van der Waals surface area contributed by atoms with E-state index in [9.17, 15) is 4.39 Å². The number of benzene rings is 1. The normalized spacial score (nSPS) is 10.9. The fourth-order valence-corrected chi connectivity index (χ4v) is 1.78. The van der Waals surface area contributed by atoms with E-state index in [1.807, 2.05) is 18.7 Å². The highest BCUT2D eigenvalue weighted by Crippen LogP contribution is 2.22. The van der Waals surface area contributed by atoms with Crippen LogP contribution in [0.3, 0.4) is 0 Å². The van der Waals surface area contributed by atoms with E-state index in [0.717, 1.165) is 0 Å². The molecule has 1 rings (SSSR count). The number of hydrogen-bond donors (Lipinski definition) is 2. The average molecular weight is 241 g/mol. The SMILES string of the molecule is CC(C)N(CCCO)c1ccc(CO)cc1F. The predicted molar refractivity (Wildman–Crippen MR) is 66.5 cm³/mol. The molecule has 0 saturated carbocycles. The lowest BCUT2D eigenvalue weighted by molar-refractivity contribution is 0.281. The van der Waals surface area contributed by atoms with E-state index in [1.54, 1.807) is 12.1 Å². The highest BCUT2D eigenvalue weighted by Gasteiger charge is 2.14. The summed E-state index contributed by atoms with van der Waals surface area (Å²) >= 11 is 0. The molecule has 0 radical (unpaired) electrons. The van der Waals surface area contributed by atoms with E-state index in [0.29, 0.717) is 24.2 Å². The summed E-state index contributed by atoms with van der Waals surface area (Å²) in [6, 6.07) is 4.91. The van der Waals surface area contributed by atoms with Crippen molar-refractivity contribution in [1.29, 1.82) is 0 Å². The van der Waals surface area contributed by atoms with Gasteiger partial charge in [-0.25, -0.2) is 4.39 Å². The first-order valence-corrected chi connectivity index (χ1v) is 5.87. The van der Waals surface area contributed by atoms with Gasteiger partial charge in [-0.2, -0.15) is 0 Å². The number of aliphatic hydroxyl groups is 2. The van der Waals surface area contributed by atoms with E-state index in [1.165, 1.54) is 6.07 Å². The summed E-state index contributed by atoms with van der Waals surface area (Å²) in [5.74, 6) is -0.330. The molecule has 0 saturated heterocycles. The lowest BCUT2D eigenvalue weighted by Crippen LogP contribution is -2.33. The topological polar surface area (TPSA) is 43.7 Å². The Morgan fingerprint density at radius 1 is 1.29 bits per heavy atom. The van der Waals surface area contributed by atoms with Gasteiger partial charge in [-0.1, -0.05) is 6.07 Å². The van der Waals surface area contributed by atoms with E-state index in [4.69, 9.17) is 10.2 Å². The lowest BCUT2D eigenvalue weighted by atomic mass is 10.1. The summed E-state index contributed by atoms with van der Waals surface area (Å²) in [6.07, 6.45) is 0.610. The van der Waals surface area contributed by atoms with Crippen LogP contribution in [0.15, 0.2) is 18.2 Å². The van der Waals surface area contributed by atoms with Crippen molar-refractivity contribution in [3.63, 3.8) is 0 Å². The molecule has 17 heavy (non-hydrogen) atoms. The molecule has 0 fully saturated rings. The third-order valence-electron chi connectivity index (χ3n) is 2.68. The molecular formula is C13H20FNO2. The largest absolute Gasteiger partial charge is 0.396 e. The Morgan fingerprint density at radius 2 is 2.00 bits per heavy atom. The summed E-state index contributed by atoms with van der Waals surface area (Å²) in [7, 11) is 0. The van der Waals surface area contributed by atoms with Crippen LogP contribution in [0.2, 0.25) is 0 Å². The molecule has 1 aromatic carbocycles. The van der Waals surface area contributed by atoms with Crippen molar-refractivity contribution >= 4 is 5.69 Å². The molecule has 0 aliphatic carbocycles. The van der Waals surface area contributed by atoms with E-state index in [2.05, 4.69) is 0 Å². The molecule has 0 heterocycles. The predicted octanol–water partition coefficient (Wildman–Crippen LogP) is 1.92. The standard InChI is InChI=1S/C13H20FNO2/c1-10(2)15(6-3-7-16)13-5-4-11(9-17)8-12(13)14/h4-5,8,10,16-17H,3,6-7,9H2,1-2H3. The maximum Gasteiger partial charge on any atom is 0.146 e. The van der Waals surface area contributed by atoms with Gasteiger partial charge in [0.1, 0.15) is 5.82 Å².